The zero-order valence-corrected chi connectivity index (χ0v) is 15.1. The topological polar surface area (TPSA) is 64.1 Å². The Balaban J connectivity index is 1.34. The van der Waals surface area contributed by atoms with Crippen molar-refractivity contribution in [3.8, 4) is 0 Å². The molecule has 0 bridgehead atoms. The molecule has 1 aromatic rings. The van der Waals surface area contributed by atoms with Crippen molar-refractivity contribution in [2.45, 2.75) is 50.3 Å². The highest BCUT2D eigenvalue weighted by Gasteiger charge is 2.42. The Morgan fingerprint density at radius 1 is 1.23 bits per heavy atom. The number of likely N-dealkylation sites (tertiary alicyclic amines) is 1. The van der Waals surface area contributed by atoms with Crippen LogP contribution in [0.1, 0.15) is 37.7 Å². The smallest absolute Gasteiger partial charge is 0.243 e. The molecule has 2 saturated heterocycles. The van der Waals surface area contributed by atoms with Gasteiger partial charge in [0.2, 0.25) is 11.8 Å². The maximum absolute atomic E-state index is 12.7. The molecule has 4 rings (SSSR count). The summed E-state index contributed by atoms with van der Waals surface area (Å²) in [5.74, 6) is -0.0623. The van der Waals surface area contributed by atoms with Crippen LogP contribution in [0.2, 0.25) is 0 Å². The van der Waals surface area contributed by atoms with Gasteiger partial charge in [-0.1, -0.05) is 30.3 Å². The van der Waals surface area contributed by atoms with Crippen molar-refractivity contribution >= 4 is 11.8 Å². The van der Waals surface area contributed by atoms with Gasteiger partial charge in [0.25, 0.3) is 0 Å². The van der Waals surface area contributed by atoms with Crippen LogP contribution >= 0.6 is 0 Å². The average Bonchev–Trinajstić information content (AvgIpc) is 3.37. The van der Waals surface area contributed by atoms with Crippen molar-refractivity contribution in [1.82, 2.24) is 14.7 Å². The van der Waals surface area contributed by atoms with Crippen molar-refractivity contribution in [3.05, 3.63) is 35.9 Å². The van der Waals surface area contributed by atoms with Crippen molar-refractivity contribution in [2.75, 3.05) is 26.3 Å². The summed E-state index contributed by atoms with van der Waals surface area (Å²) < 4.78 is 0. The van der Waals surface area contributed by atoms with E-state index in [1.54, 1.807) is 4.90 Å². The van der Waals surface area contributed by atoms with Crippen molar-refractivity contribution in [3.63, 3.8) is 0 Å². The summed E-state index contributed by atoms with van der Waals surface area (Å²) in [5, 5.41) is 11.0. The van der Waals surface area contributed by atoms with Crippen molar-refractivity contribution in [1.29, 1.82) is 0 Å². The zero-order chi connectivity index (χ0) is 18.1. The zero-order valence-electron chi connectivity index (χ0n) is 15.1. The van der Waals surface area contributed by atoms with Crippen molar-refractivity contribution in [2.24, 2.45) is 0 Å². The first kappa shape index (κ1) is 17.5. The summed E-state index contributed by atoms with van der Waals surface area (Å²) in [6, 6.07) is 10.5. The Kier molecular flexibility index (Phi) is 4.71. The van der Waals surface area contributed by atoms with Crippen LogP contribution in [0.15, 0.2) is 30.3 Å². The number of rotatable bonds is 5. The van der Waals surface area contributed by atoms with E-state index in [-0.39, 0.29) is 24.8 Å². The highest BCUT2D eigenvalue weighted by atomic mass is 16.3. The number of hydrogen-bond donors (Lipinski definition) is 1. The summed E-state index contributed by atoms with van der Waals surface area (Å²) in [6.07, 6.45) is 3.71. The van der Waals surface area contributed by atoms with Gasteiger partial charge >= 0.3 is 0 Å². The maximum Gasteiger partial charge on any atom is 0.243 e. The molecule has 1 atom stereocenters. The molecule has 0 aromatic heterocycles. The lowest BCUT2D eigenvalue weighted by atomic mass is 9.89. The molecule has 1 unspecified atom stereocenters. The van der Waals surface area contributed by atoms with E-state index in [0.717, 1.165) is 32.4 Å². The van der Waals surface area contributed by atoms with E-state index in [2.05, 4.69) is 17.0 Å². The first-order valence-corrected chi connectivity index (χ1v) is 9.58. The van der Waals surface area contributed by atoms with Crippen LogP contribution in [0.4, 0.5) is 0 Å². The second-order valence-corrected chi connectivity index (χ2v) is 8.03. The predicted octanol–water partition coefficient (Wildman–Crippen LogP) is 1.19. The molecule has 2 aliphatic heterocycles. The number of nitrogens with zero attached hydrogens (tertiary/aromatic N) is 3. The van der Waals surface area contributed by atoms with E-state index in [4.69, 9.17) is 0 Å². The molecule has 2 amide bonds. The SMILES string of the molecule is O=C(CC1(O)CCCN(Cc2ccccc2)C1)N1CC(=O)N(C2CC2)C1. The number of aliphatic hydroxyl groups is 1. The number of benzene rings is 1. The molecule has 1 N–H and O–H groups in total. The number of piperidine rings is 1. The Labute approximate surface area is 154 Å². The number of hydrogen-bond acceptors (Lipinski definition) is 4. The molecule has 3 fully saturated rings. The minimum Gasteiger partial charge on any atom is -0.388 e. The predicted molar refractivity (Wildman–Crippen MR) is 97.0 cm³/mol. The summed E-state index contributed by atoms with van der Waals surface area (Å²) in [6.45, 7) is 2.78. The molecule has 1 saturated carbocycles. The fourth-order valence-corrected chi connectivity index (χ4v) is 4.16. The third-order valence-electron chi connectivity index (χ3n) is 5.67. The monoisotopic (exact) mass is 357 g/mol. The number of carbonyl (C=O) groups excluding carboxylic acids is 2. The van der Waals surface area contributed by atoms with Crippen LogP contribution in [0.3, 0.4) is 0 Å². The average molecular weight is 357 g/mol. The van der Waals surface area contributed by atoms with Gasteiger partial charge in [-0.3, -0.25) is 14.5 Å². The third-order valence-corrected chi connectivity index (χ3v) is 5.67. The van der Waals surface area contributed by atoms with E-state index in [1.165, 1.54) is 5.56 Å². The fourth-order valence-electron chi connectivity index (χ4n) is 4.16. The molecular formula is C20H27N3O3. The van der Waals surface area contributed by atoms with Gasteiger partial charge in [-0.2, -0.15) is 0 Å². The lowest BCUT2D eigenvalue weighted by Crippen LogP contribution is -2.50. The molecular weight excluding hydrogens is 330 g/mol. The van der Waals surface area contributed by atoms with E-state index in [0.29, 0.717) is 25.7 Å². The van der Waals surface area contributed by atoms with Crippen LogP contribution < -0.4 is 0 Å². The first-order valence-electron chi connectivity index (χ1n) is 9.58. The van der Waals surface area contributed by atoms with Gasteiger partial charge in [-0.25, -0.2) is 0 Å². The molecule has 0 spiro atoms. The second kappa shape index (κ2) is 7.00. The van der Waals surface area contributed by atoms with Crippen LogP contribution in [0.25, 0.3) is 0 Å². The summed E-state index contributed by atoms with van der Waals surface area (Å²) >= 11 is 0. The highest BCUT2D eigenvalue weighted by molar-refractivity contribution is 5.88. The minimum atomic E-state index is -1.000. The van der Waals surface area contributed by atoms with E-state index in [1.807, 2.05) is 23.1 Å². The van der Waals surface area contributed by atoms with Gasteiger partial charge in [0.1, 0.15) is 6.54 Å². The Hall–Kier alpha value is -1.92. The quantitative estimate of drug-likeness (QED) is 0.860. The molecule has 140 valence electrons. The molecule has 1 aromatic carbocycles. The Morgan fingerprint density at radius 3 is 2.73 bits per heavy atom. The first-order chi connectivity index (χ1) is 12.5. The molecule has 6 nitrogen and oxygen atoms in total. The molecule has 0 radical (unpaired) electrons. The largest absolute Gasteiger partial charge is 0.388 e. The van der Waals surface area contributed by atoms with Gasteiger partial charge in [0.05, 0.1) is 18.7 Å². The number of carbonyl (C=O) groups is 2. The van der Waals surface area contributed by atoms with Crippen LogP contribution in [0, 0.1) is 0 Å². The van der Waals surface area contributed by atoms with E-state index >= 15 is 0 Å². The standard InChI is InChI=1S/C20H27N3O3/c24-18(22-13-19(25)23(15-22)17-7-8-17)11-20(26)9-4-10-21(14-20)12-16-5-2-1-3-6-16/h1-3,5-6,17,26H,4,7-15H2. The van der Waals surface area contributed by atoms with Gasteiger partial charge in [0, 0.05) is 19.1 Å². The number of β-amino-alcohol motifs (C(OH)–C–C–N with tert-alkyl or cyclic N) is 1. The Bertz CT molecular complexity index is 676. The fraction of sp³-hybridized carbons (Fsp3) is 0.600. The third kappa shape index (κ3) is 3.91. The lowest BCUT2D eigenvalue weighted by molar-refractivity contribution is -0.139. The molecule has 3 aliphatic rings. The van der Waals surface area contributed by atoms with Gasteiger partial charge < -0.3 is 14.9 Å². The molecule has 6 heteroatoms. The molecule has 1 aliphatic carbocycles. The normalized spacial score (nSPS) is 27.2. The maximum atomic E-state index is 12.7. The second-order valence-electron chi connectivity index (χ2n) is 8.03. The van der Waals surface area contributed by atoms with Crippen molar-refractivity contribution < 1.29 is 14.7 Å². The summed E-state index contributed by atoms with van der Waals surface area (Å²) in [7, 11) is 0. The minimum absolute atomic E-state index is 0.0437. The van der Waals surface area contributed by atoms with Crippen LogP contribution in [-0.2, 0) is 16.1 Å². The lowest BCUT2D eigenvalue weighted by Gasteiger charge is -2.39. The Morgan fingerprint density at radius 2 is 2.00 bits per heavy atom. The van der Waals surface area contributed by atoms with E-state index < -0.39 is 5.60 Å². The highest BCUT2D eigenvalue weighted by Crippen LogP contribution is 2.31. The summed E-state index contributed by atoms with van der Waals surface area (Å²) in [5.41, 5.74) is 0.216. The van der Waals surface area contributed by atoms with Crippen LogP contribution in [-0.4, -0.2) is 69.6 Å². The van der Waals surface area contributed by atoms with Gasteiger partial charge in [-0.05, 0) is 37.8 Å². The van der Waals surface area contributed by atoms with Crippen LogP contribution in [0.5, 0.6) is 0 Å². The van der Waals surface area contributed by atoms with Gasteiger partial charge in [-0.15, -0.1) is 0 Å². The number of amides is 2. The van der Waals surface area contributed by atoms with Gasteiger partial charge in [0.15, 0.2) is 0 Å². The van der Waals surface area contributed by atoms with E-state index in [9.17, 15) is 14.7 Å². The molecule has 26 heavy (non-hydrogen) atoms. The molecule has 2 heterocycles. The summed E-state index contributed by atoms with van der Waals surface area (Å²) in [4.78, 5) is 30.4.